The summed E-state index contributed by atoms with van der Waals surface area (Å²) < 4.78 is 1.77. The summed E-state index contributed by atoms with van der Waals surface area (Å²) in [6.45, 7) is 10.3. The molecule has 5 heteroatoms. The molecular formula is C12H19N5. The van der Waals surface area contributed by atoms with Crippen molar-refractivity contribution >= 4 is 11.5 Å². The lowest BCUT2D eigenvalue weighted by Gasteiger charge is -2.13. The van der Waals surface area contributed by atoms with Crippen LogP contribution in [0.2, 0.25) is 0 Å². The quantitative estimate of drug-likeness (QED) is 0.583. The van der Waals surface area contributed by atoms with Crippen LogP contribution in [-0.2, 0) is 5.41 Å². The van der Waals surface area contributed by atoms with Gasteiger partial charge in [0.05, 0.1) is 5.69 Å². The van der Waals surface area contributed by atoms with Gasteiger partial charge in [-0.3, -0.25) is 0 Å². The van der Waals surface area contributed by atoms with E-state index in [0.717, 1.165) is 28.4 Å². The van der Waals surface area contributed by atoms with Gasteiger partial charge in [-0.1, -0.05) is 20.8 Å². The highest BCUT2D eigenvalue weighted by Crippen LogP contribution is 2.25. The zero-order valence-electron chi connectivity index (χ0n) is 11.0. The van der Waals surface area contributed by atoms with E-state index in [1.54, 1.807) is 4.52 Å². The van der Waals surface area contributed by atoms with Crippen molar-refractivity contribution in [1.29, 1.82) is 0 Å². The minimum absolute atomic E-state index is 0.00137. The number of nitrogens with zero attached hydrogens (tertiary/aromatic N) is 3. The van der Waals surface area contributed by atoms with E-state index < -0.39 is 0 Å². The Kier molecular flexibility index (Phi) is 2.58. The molecule has 0 bridgehead atoms. The lowest BCUT2D eigenvalue weighted by molar-refractivity contribution is 0.563. The Labute approximate surface area is 101 Å². The van der Waals surface area contributed by atoms with Gasteiger partial charge in [-0.15, -0.1) is 0 Å². The first-order valence-corrected chi connectivity index (χ1v) is 5.68. The monoisotopic (exact) mass is 233 g/mol. The van der Waals surface area contributed by atoms with Crippen molar-refractivity contribution in [3.05, 3.63) is 23.0 Å². The van der Waals surface area contributed by atoms with Crippen molar-refractivity contribution in [2.45, 2.75) is 40.0 Å². The molecule has 2 aromatic heterocycles. The SMILES string of the molecule is Cc1nc2cc(C(C)(C)C)nn2c(NN)c1C. The van der Waals surface area contributed by atoms with E-state index in [9.17, 15) is 0 Å². The molecule has 0 amide bonds. The zero-order valence-corrected chi connectivity index (χ0v) is 11.0. The lowest BCUT2D eigenvalue weighted by Crippen LogP contribution is -2.16. The average molecular weight is 233 g/mol. The fourth-order valence-electron chi connectivity index (χ4n) is 1.74. The molecule has 17 heavy (non-hydrogen) atoms. The smallest absolute Gasteiger partial charge is 0.157 e. The van der Waals surface area contributed by atoms with Crippen LogP contribution in [0.5, 0.6) is 0 Å². The van der Waals surface area contributed by atoms with E-state index in [-0.39, 0.29) is 5.41 Å². The van der Waals surface area contributed by atoms with Crippen molar-refractivity contribution in [3.63, 3.8) is 0 Å². The van der Waals surface area contributed by atoms with E-state index >= 15 is 0 Å². The van der Waals surface area contributed by atoms with Gasteiger partial charge in [0.25, 0.3) is 0 Å². The highest BCUT2D eigenvalue weighted by atomic mass is 15.4. The van der Waals surface area contributed by atoms with Crippen molar-refractivity contribution in [2.24, 2.45) is 5.84 Å². The van der Waals surface area contributed by atoms with Crippen LogP contribution < -0.4 is 11.3 Å². The Hall–Kier alpha value is -1.62. The molecule has 92 valence electrons. The number of nitrogen functional groups attached to an aromatic ring is 1. The van der Waals surface area contributed by atoms with E-state index in [1.807, 2.05) is 19.9 Å². The zero-order chi connectivity index (χ0) is 12.8. The van der Waals surface area contributed by atoms with Crippen LogP contribution in [0.4, 0.5) is 5.82 Å². The molecule has 0 unspecified atom stereocenters. The molecule has 5 nitrogen and oxygen atoms in total. The first-order valence-electron chi connectivity index (χ1n) is 5.68. The second kappa shape index (κ2) is 3.70. The highest BCUT2D eigenvalue weighted by Gasteiger charge is 2.20. The summed E-state index contributed by atoms with van der Waals surface area (Å²) in [5.74, 6) is 6.36. The van der Waals surface area contributed by atoms with Gasteiger partial charge in [-0.25, -0.2) is 10.8 Å². The Morgan fingerprint density at radius 3 is 2.47 bits per heavy atom. The van der Waals surface area contributed by atoms with Crippen molar-refractivity contribution < 1.29 is 0 Å². The molecule has 0 fully saturated rings. The second-order valence-electron chi connectivity index (χ2n) is 5.36. The van der Waals surface area contributed by atoms with E-state index in [4.69, 9.17) is 5.84 Å². The number of hydrogen-bond acceptors (Lipinski definition) is 4. The molecule has 2 aromatic rings. The minimum Gasteiger partial charge on any atom is -0.308 e. The fraction of sp³-hybridized carbons (Fsp3) is 0.500. The van der Waals surface area contributed by atoms with Crippen LogP contribution in [0.3, 0.4) is 0 Å². The molecule has 0 atom stereocenters. The Bertz CT molecular complexity index is 562. The fourth-order valence-corrected chi connectivity index (χ4v) is 1.74. The maximum atomic E-state index is 5.57. The molecule has 0 saturated heterocycles. The van der Waals surface area contributed by atoms with Gasteiger partial charge in [0.1, 0.15) is 5.82 Å². The third-order valence-electron chi connectivity index (χ3n) is 2.99. The van der Waals surface area contributed by atoms with Gasteiger partial charge in [0, 0.05) is 22.7 Å². The average Bonchev–Trinajstić information content (AvgIpc) is 2.62. The van der Waals surface area contributed by atoms with Gasteiger partial charge in [-0.2, -0.15) is 9.61 Å². The van der Waals surface area contributed by atoms with Gasteiger partial charge in [0.15, 0.2) is 5.65 Å². The summed E-state index contributed by atoms with van der Waals surface area (Å²) in [5.41, 5.74) is 6.52. The summed E-state index contributed by atoms with van der Waals surface area (Å²) in [6, 6.07) is 2.01. The molecule has 0 aliphatic carbocycles. The Morgan fingerprint density at radius 2 is 1.94 bits per heavy atom. The largest absolute Gasteiger partial charge is 0.308 e. The first kappa shape index (κ1) is 11.9. The molecule has 2 heterocycles. The predicted molar refractivity (Wildman–Crippen MR) is 69.0 cm³/mol. The van der Waals surface area contributed by atoms with E-state index in [1.165, 1.54) is 0 Å². The van der Waals surface area contributed by atoms with Crippen LogP contribution in [0, 0.1) is 13.8 Å². The number of aromatic nitrogens is 3. The van der Waals surface area contributed by atoms with Crippen molar-refractivity contribution in [3.8, 4) is 0 Å². The number of nitrogens with two attached hydrogens (primary N) is 1. The van der Waals surface area contributed by atoms with Gasteiger partial charge in [-0.05, 0) is 13.8 Å². The molecule has 0 aliphatic heterocycles. The predicted octanol–water partition coefficient (Wildman–Crippen LogP) is 1.93. The van der Waals surface area contributed by atoms with E-state index in [2.05, 4.69) is 36.3 Å². The number of nitrogens with one attached hydrogen (secondary N) is 1. The maximum Gasteiger partial charge on any atom is 0.157 e. The van der Waals surface area contributed by atoms with Crippen LogP contribution in [0.15, 0.2) is 6.07 Å². The van der Waals surface area contributed by atoms with Crippen LogP contribution in [0.25, 0.3) is 5.65 Å². The normalized spacial score (nSPS) is 12.1. The Balaban J connectivity index is 2.77. The molecule has 0 saturated carbocycles. The van der Waals surface area contributed by atoms with Crippen molar-refractivity contribution in [2.75, 3.05) is 5.43 Å². The third kappa shape index (κ3) is 1.86. The van der Waals surface area contributed by atoms with Gasteiger partial charge >= 0.3 is 0 Å². The molecule has 0 spiro atoms. The molecule has 0 aliphatic rings. The summed E-state index contributed by atoms with van der Waals surface area (Å²) >= 11 is 0. The van der Waals surface area contributed by atoms with Crippen molar-refractivity contribution in [1.82, 2.24) is 14.6 Å². The first-order chi connectivity index (χ1) is 7.84. The topological polar surface area (TPSA) is 68.2 Å². The molecule has 3 N–H and O–H groups in total. The summed E-state index contributed by atoms with van der Waals surface area (Å²) in [7, 11) is 0. The van der Waals surface area contributed by atoms with Gasteiger partial charge in [0.2, 0.25) is 0 Å². The summed E-state index contributed by atoms with van der Waals surface area (Å²) in [6.07, 6.45) is 0. The van der Waals surface area contributed by atoms with Crippen LogP contribution >= 0.6 is 0 Å². The Morgan fingerprint density at radius 1 is 1.29 bits per heavy atom. The number of hydrazine groups is 1. The molecule has 0 radical (unpaired) electrons. The molecule has 0 aromatic carbocycles. The lowest BCUT2D eigenvalue weighted by atomic mass is 9.93. The van der Waals surface area contributed by atoms with E-state index in [0.29, 0.717) is 0 Å². The van der Waals surface area contributed by atoms with Crippen LogP contribution in [0.1, 0.15) is 37.7 Å². The minimum atomic E-state index is 0.00137. The maximum absolute atomic E-state index is 5.57. The number of fused-ring (bicyclic) bond motifs is 1. The van der Waals surface area contributed by atoms with Crippen LogP contribution in [-0.4, -0.2) is 14.6 Å². The number of aryl methyl sites for hydroxylation is 1. The van der Waals surface area contributed by atoms with Gasteiger partial charge < -0.3 is 5.43 Å². The molecular weight excluding hydrogens is 214 g/mol. The highest BCUT2D eigenvalue weighted by molar-refractivity contribution is 5.55. The number of anilines is 1. The summed E-state index contributed by atoms with van der Waals surface area (Å²) in [5, 5.41) is 4.57. The third-order valence-corrected chi connectivity index (χ3v) is 2.99. The number of hydrogen-bond donors (Lipinski definition) is 2. The number of rotatable bonds is 1. The standard InChI is InChI=1S/C12H19N5/c1-7-8(2)14-10-6-9(12(3,4)5)16-17(10)11(7)15-13/h6,15H,13H2,1-5H3. The second-order valence-corrected chi connectivity index (χ2v) is 5.36. The summed E-state index contributed by atoms with van der Waals surface area (Å²) in [4.78, 5) is 4.52. The molecule has 2 rings (SSSR count).